The monoisotopic (exact) mass is 630 g/mol. The molecule has 0 amide bonds. The highest BCUT2D eigenvalue weighted by Crippen LogP contribution is 2.37. The maximum atomic E-state index is 13.1. The second-order valence-electron chi connectivity index (χ2n) is 9.93. The molecule has 5 aromatic rings. The predicted molar refractivity (Wildman–Crippen MR) is 152 cm³/mol. The van der Waals surface area contributed by atoms with E-state index in [4.69, 9.17) is 4.42 Å². The highest BCUT2D eigenvalue weighted by molar-refractivity contribution is 9.10. The number of nitrogens with zero attached hydrogens (tertiary/aromatic N) is 6. The van der Waals surface area contributed by atoms with E-state index < -0.39 is 12.1 Å². The minimum Gasteiger partial charge on any atom is -0.432 e. The Hall–Kier alpha value is -2.96. The van der Waals surface area contributed by atoms with Gasteiger partial charge in [0, 0.05) is 42.5 Å². The van der Waals surface area contributed by atoms with Crippen molar-refractivity contribution < 1.29 is 17.6 Å². The van der Waals surface area contributed by atoms with Gasteiger partial charge in [-0.1, -0.05) is 30.0 Å². The molecular formula is C28H26BrF3N6OS. The van der Waals surface area contributed by atoms with E-state index in [0.29, 0.717) is 4.47 Å². The van der Waals surface area contributed by atoms with Crippen molar-refractivity contribution >= 4 is 49.7 Å². The third-order valence-electron chi connectivity index (χ3n) is 7.23. The third-order valence-corrected chi connectivity index (χ3v) is 9.18. The summed E-state index contributed by atoms with van der Waals surface area (Å²) in [5.41, 5.74) is 5.35. The fourth-order valence-electron chi connectivity index (χ4n) is 5.19. The van der Waals surface area contributed by atoms with Crippen LogP contribution in [0.3, 0.4) is 0 Å². The molecule has 1 aliphatic heterocycles. The Bertz CT molecular complexity index is 1720. The van der Waals surface area contributed by atoms with Crippen molar-refractivity contribution in [2.24, 2.45) is 7.05 Å². The van der Waals surface area contributed by atoms with Gasteiger partial charge >= 0.3 is 12.1 Å². The number of oxazole rings is 1. The van der Waals surface area contributed by atoms with Crippen LogP contribution >= 0.6 is 27.7 Å². The minimum absolute atomic E-state index is 0.161. The standard InChI is InChI=1S/C28H26BrF3N6OS/c1-16-7-8-19-20(5-3-6-21(19)33-16)25-35-36-27(37(25)2)40-14-4-11-38-12-9-17-15-22-24(23(29)18(17)10-13-38)39-26(34-22)28(30,31)32/h3,5-8,15H,4,9-14H2,1-2H3. The van der Waals surface area contributed by atoms with Crippen molar-refractivity contribution in [1.82, 2.24) is 29.6 Å². The number of pyridine rings is 1. The van der Waals surface area contributed by atoms with E-state index >= 15 is 0 Å². The van der Waals surface area contributed by atoms with Gasteiger partial charge in [0.25, 0.3) is 0 Å². The molecule has 0 fully saturated rings. The summed E-state index contributed by atoms with van der Waals surface area (Å²) in [4.78, 5) is 10.7. The van der Waals surface area contributed by atoms with Gasteiger partial charge in [0.1, 0.15) is 5.52 Å². The van der Waals surface area contributed by atoms with Crippen LogP contribution in [0.25, 0.3) is 33.4 Å². The van der Waals surface area contributed by atoms with Crippen LogP contribution in [0, 0.1) is 6.92 Å². The Kier molecular flexibility index (Phi) is 7.34. The van der Waals surface area contributed by atoms with E-state index in [-0.39, 0.29) is 11.1 Å². The van der Waals surface area contributed by atoms with Gasteiger partial charge in [-0.2, -0.15) is 13.2 Å². The lowest BCUT2D eigenvalue weighted by molar-refractivity contribution is -0.156. The molecule has 40 heavy (non-hydrogen) atoms. The summed E-state index contributed by atoms with van der Waals surface area (Å²) in [5, 5.41) is 10.9. The second kappa shape index (κ2) is 10.8. The number of rotatable bonds is 6. The molecule has 208 valence electrons. The first-order valence-electron chi connectivity index (χ1n) is 13.0. The van der Waals surface area contributed by atoms with Gasteiger partial charge in [-0.3, -0.25) is 4.98 Å². The molecular weight excluding hydrogens is 605 g/mol. The molecule has 0 radical (unpaired) electrons. The number of fused-ring (bicyclic) bond motifs is 3. The summed E-state index contributed by atoms with van der Waals surface area (Å²) in [5.74, 6) is 0.505. The van der Waals surface area contributed by atoms with Gasteiger partial charge in [0.15, 0.2) is 16.6 Å². The number of hydrogen-bond donors (Lipinski definition) is 0. The topological polar surface area (TPSA) is 72.9 Å². The molecule has 0 saturated heterocycles. The molecule has 6 rings (SSSR count). The molecule has 0 aliphatic carbocycles. The largest absolute Gasteiger partial charge is 0.468 e. The quantitative estimate of drug-likeness (QED) is 0.150. The number of halogens is 4. The molecule has 1 aliphatic rings. The summed E-state index contributed by atoms with van der Waals surface area (Å²) in [7, 11) is 1.99. The SMILES string of the molecule is Cc1ccc2c(-c3nnc(SCCCN4CCc5cc6nc(C(F)(F)F)oc6c(Br)c5CC4)n3C)cccc2n1. The fourth-order valence-corrected chi connectivity index (χ4v) is 6.77. The lowest BCUT2D eigenvalue weighted by Crippen LogP contribution is -2.27. The van der Waals surface area contributed by atoms with Crippen molar-refractivity contribution in [3.05, 3.63) is 63.6 Å². The average molecular weight is 632 g/mol. The van der Waals surface area contributed by atoms with Crippen molar-refractivity contribution in [3.63, 3.8) is 0 Å². The normalized spacial score (nSPS) is 14.7. The summed E-state index contributed by atoms with van der Waals surface area (Å²) < 4.78 is 46.9. The molecule has 0 spiro atoms. The van der Waals surface area contributed by atoms with Crippen LogP contribution in [0.4, 0.5) is 13.2 Å². The summed E-state index contributed by atoms with van der Waals surface area (Å²) >= 11 is 5.18. The number of hydrogen-bond acceptors (Lipinski definition) is 7. The van der Waals surface area contributed by atoms with E-state index in [0.717, 1.165) is 88.9 Å². The highest BCUT2D eigenvalue weighted by atomic mass is 79.9. The van der Waals surface area contributed by atoms with E-state index in [2.05, 4.69) is 53.1 Å². The van der Waals surface area contributed by atoms with Gasteiger partial charge in [0.05, 0.1) is 9.99 Å². The number of aryl methyl sites for hydroxylation is 1. The molecule has 2 aromatic carbocycles. The van der Waals surface area contributed by atoms with E-state index in [9.17, 15) is 13.2 Å². The van der Waals surface area contributed by atoms with Crippen molar-refractivity contribution in [2.75, 3.05) is 25.4 Å². The molecule has 0 atom stereocenters. The minimum atomic E-state index is -4.61. The molecule has 0 unspecified atom stereocenters. The molecule has 4 heterocycles. The lowest BCUT2D eigenvalue weighted by Gasteiger charge is -2.19. The van der Waals surface area contributed by atoms with Crippen LogP contribution in [0.2, 0.25) is 0 Å². The second-order valence-corrected chi connectivity index (χ2v) is 11.8. The molecule has 3 aromatic heterocycles. The first kappa shape index (κ1) is 27.2. The Morgan fingerprint density at radius 3 is 2.70 bits per heavy atom. The fraction of sp³-hybridized carbons (Fsp3) is 0.357. The predicted octanol–water partition coefficient (Wildman–Crippen LogP) is 6.84. The highest BCUT2D eigenvalue weighted by Gasteiger charge is 2.38. The number of alkyl halides is 3. The Morgan fingerprint density at radius 2 is 1.88 bits per heavy atom. The van der Waals surface area contributed by atoms with Gasteiger partial charge in [0.2, 0.25) is 0 Å². The van der Waals surface area contributed by atoms with Crippen LogP contribution in [-0.4, -0.2) is 55.0 Å². The maximum absolute atomic E-state index is 13.1. The number of aromatic nitrogens is 5. The van der Waals surface area contributed by atoms with Crippen molar-refractivity contribution in [2.45, 2.75) is 37.5 Å². The molecule has 0 bridgehead atoms. The van der Waals surface area contributed by atoms with Crippen LogP contribution < -0.4 is 0 Å². The van der Waals surface area contributed by atoms with Crippen molar-refractivity contribution in [1.29, 1.82) is 0 Å². The zero-order valence-corrected chi connectivity index (χ0v) is 24.3. The first-order valence-corrected chi connectivity index (χ1v) is 14.8. The third kappa shape index (κ3) is 5.24. The van der Waals surface area contributed by atoms with E-state index in [1.54, 1.807) is 17.8 Å². The zero-order valence-electron chi connectivity index (χ0n) is 21.9. The van der Waals surface area contributed by atoms with Crippen LogP contribution in [0.15, 0.2) is 50.4 Å². The summed E-state index contributed by atoms with van der Waals surface area (Å²) in [6, 6.07) is 11.9. The van der Waals surface area contributed by atoms with Gasteiger partial charge in [-0.05, 0) is 78.0 Å². The average Bonchev–Trinajstić information content (AvgIpc) is 3.45. The number of thioether (sulfide) groups is 1. The smallest absolute Gasteiger partial charge is 0.432 e. The maximum Gasteiger partial charge on any atom is 0.468 e. The van der Waals surface area contributed by atoms with E-state index in [1.165, 1.54) is 0 Å². The zero-order chi connectivity index (χ0) is 28.0. The van der Waals surface area contributed by atoms with Crippen LogP contribution in [-0.2, 0) is 26.1 Å². The van der Waals surface area contributed by atoms with Crippen LogP contribution in [0.1, 0.15) is 29.1 Å². The van der Waals surface area contributed by atoms with Gasteiger partial charge in [-0.15, -0.1) is 10.2 Å². The Labute approximate surface area is 241 Å². The summed E-state index contributed by atoms with van der Waals surface area (Å²) in [6.07, 6.45) is -2.16. The van der Waals surface area contributed by atoms with Gasteiger partial charge in [-0.25, -0.2) is 4.98 Å². The van der Waals surface area contributed by atoms with Crippen LogP contribution in [0.5, 0.6) is 0 Å². The Balaban J connectivity index is 1.07. The molecule has 7 nitrogen and oxygen atoms in total. The summed E-state index contributed by atoms with van der Waals surface area (Å²) in [6.45, 7) is 4.56. The molecule has 0 saturated carbocycles. The number of benzene rings is 2. The molecule has 0 N–H and O–H groups in total. The lowest BCUT2D eigenvalue weighted by atomic mass is 10.0. The molecule has 12 heteroatoms. The van der Waals surface area contributed by atoms with Gasteiger partial charge < -0.3 is 13.9 Å². The first-order chi connectivity index (χ1) is 19.2. The van der Waals surface area contributed by atoms with E-state index in [1.807, 2.05) is 36.7 Å². The Morgan fingerprint density at radius 1 is 1.05 bits per heavy atom. The van der Waals surface area contributed by atoms with Crippen molar-refractivity contribution in [3.8, 4) is 11.4 Å².